The van der Waals surface area contributed by atoms with Gasteiger partial charge in [0.1, 0.15) is 17.3 Å². The summed E-state index contributed by atoms with van der Waals surface area (Å²) in [5, 5.41) is 15.5. The molecule has 3 aromatic rings. The molecule has 10 heteroatoms. The number of nitrogens with zero attached hydrogens (tertiary/aromatic N) is 3. The lowest BCUT2D eigenvalue weighted by molar-refractivity contribution is -0.384. The Labute approximate surface area is 174 Å². The van der Waals surface area contributed by atoms with Crippen molar-refractivity contribution in [3.05, 3.63) is 74.1 Å². The molecule has 1 aliphatic rings. The van der Waals surface area contributed by atoms with Crippen LogP contribution in [0.1, 0.15) is 18.4 Å². The number of aromatic nitrogens is 2. The molecule has 0 aliphatic carbocycles. The molecule has 31 heavy (non-hydrogen) atoms. The molecule has 160 valence electrons. The number of nitro benzene ring substituents is 1. The van der Waals surface area contributed by atoms with E-state index in [0.29, 0.717) is 24.8 Å². The molecule has 1 aromatic heterocycles. The van der Waals surface area contributed by atoms with Crippen LogP contribution in [0.2, 0.25) is 0 Å². The maximum atomic E-state index is 14.6. The molecule has 0 N–H and O–H groups in total. The molecule has 4 rings (SSSR count). The molecule has 0 saturated carbocycles. The Hall–Kier alpha value is -3.82. The second-order valence-corrected chi connectivity index (χ2v) is 7.04. The number of benzene rings is 2. The number of non-ortho nitro benzene ring substituents is 1. The average Bonchev–Trinajstić information content (AvgIpc) is 2.71. The highest BCUT2D eigenvalue weighted by molar-refractivity contribution is 5.74. The lowest BCUT2D eigenvalue weighted by Gasteiger charge is -2.18. The summed E-state index contributed by atoms with van der Waals surface area (Å²) in [4.78, 5) is 22.8. The zero-order chi connectivity index (χ0) is 22.1. The first-order chi connectivity index (χ1) is 14.8. The highest BCUT2D eigenvalue weighted by atomic mass is 19.1. The fraction of sp³-hybridized carbons (Fsp3) is 0.238. The third kappa shape index (κ3) is 4.09. The number of fused-ring (bicyclic) bond motifs is 4. The Morgan fingerprint density at radius 3 is 2.71 bits per heavy atom. The minimum absolute atomic E-state index is 0.0499. The Morgan fingerprint density at radius 1 is 1.13 bits per heavy atom. The zero-order valence-corrected chi connectivity index (χ0v) is 16.4. The molecule has 0 saturated heterocycles. The molecule has 0 radical (unpaired) electrons. The lowest BCUT2D eigenvalue weighted by atomic mass is 10.1. The molecule has 8 nitrogen and oxygen atoms in total. The molecule has 0 fully saturated rings. The Morgan fingerprint density at radius 2 is 1.94 bits per heavy atom. The molecular weight excluding hydrogens is 412 g/mol. The summed E-state index contributed by atoms with van der Waals surface area (Å²) in [7, 11) is 1.42. The fourth-order valence-corrected chi connectivity index (χ4v) is 3.35. The summed E-state index contributed by atoms with van der Waals surface area (Å²) in [6.45, 7) is 0.222. The normalized spacial score (nSPS) is 13.4. The van der Waals surface area contributed by atoms with Gasteiger partial charge in [0, 0.05) is 36.9 Å². The minimum Gasteiger partial charge on any atom is -0.491 e. The van der Waals surface area contributed by atoms with Crippen molar-refractivity contribution in [2.45, 2.75) is 19.3 Å². The maximum absolute atomic E-state index is 14.6. The van der Waals surface area contributed by atoms with Crippen molar-refractivity contribution in [2.24, 2.45) is 7.05 Å². The van der Waals surface area contributed by atoms with Crippen molar-refractivity contribution in [2.75, 3.05) is 6.61 Å². The number of nitro groups is 1. The second kappa shape index (κ2) is 8.13. The predicted octanol–water partition coefficient (Wildman–Crippen LogP) is 4.14. The van der Waals surface area contributed by atoms with Crippen LogP contribution in [0.15, 0.2) is 41.2 Å². The molecule has 0 bridgehead atoms. The smallest absolute Gasteiger partial charge is 0.270 e. The number of rotatable bonds is 1. The number of hydrogen-bond donors (Lipinski definition) is 0. The van der Waals surface area contributed by atoms with Crippen molar-refractivity contribution >= 4 is 5.69 Å². The van der Waals surface area contributed by atoms with Crippen LogP contribution < -0.4 is 15.0 Å². The molecule has 0 amide bonds. The molecule has 1 aliphatic heterocycles. The van der Waals surface area contributed by atoms with Crippen LogP contribution in [0.25, 0.3) is 11.3 Å². The zero-order valence-electron chi connectivity index (χ0n) is 16.4. The van der Waals surface area contributed by atoms with E-state index < -0.39 is 22.1 Å². The summed E-state index contributed by atoms with van der Waals surface area (Å²) >= 11 is 0. The Balaban J connectivity index is 1.98. The highest BCUT2D eigenvalue weighted by Crippen LogP contribution is 2.41. The summed E-state index contributed by atoms with van der Waals surface area (Å²) < 4.78 is 41.0. The number of halogens is 2. The molecule has 2 aromatic carbocycles. The first-order valence-electron chi connectivity index (χ1n) is 9.49. The topological polar surface area (TPSA) is 96.5 Å². The fourth-order valence-electron chi connectivity index (χ4n) is 3.35. The van der Waals surface area contributed by atoms with E-state index in [1.165, 1.54) is 37.4 Å². The minimum atomic E-state index is -0.888. The van der Waals surface area contributed by atoms with Gasteiger partial charge in [-0.2, -0.15) is 5.10 Å². The van der Waals surface area contributed by atoms with Crippen molar-refractivity contribution < 1.29 is 23.2 Å². The van der Waals surface area contributed by atoms with Crippen LogP contribution >= 0.6 is 0 Å². The van der Waals surface area contributed by atoms with Gasteiger partial charge in [0.25, 0.3) is 11.2 Å². The summed E-state index contributed by atoms with van der Waals surface area (Å²) in [5.41, 5.74) is -0.0852. The number of hydrogen-bond acceptors (Lipinski definition) is 6. The van der Waals surface area contributed by atoms with Gasteiger partial charge < -0.3 is 9.47 Å². The van der Waals surface area contributed by atoms with Crippen LogP contribution in [-0.2, 0) is 13.5 Å². The Kier molecular flexibility index (Phi) is 5.37. The van der Waals surface area contributed by atoms with Gasteiger partial charge in [0.2, 0.25) is 0 Å². The van der Waals surface area contributed by atoms with Crippen molar-refractivity contribution in [3.8, 4) is 28.5 Å². The van der Waals surface area contributed by atoms with Gasteiger partial charge in [-0.25, -0.2) is 13.5 Å². The van der Waals surface area contributed by atoms with Crippen LogP contribution in [0, 0.1) is 21.7 Å². The van der Waals surface area contributed by atoms with E-state index in [2.05, 4.69) is 5.10 Å². The monoisotopic (exact) mass is 429 g/mol. The highest BCUT2D eigenvalue weighted by Gasteiger charge is 2.23. The van der Waals surface area contributed by atoms with Gasteiger partial charge in [0.15, 0.2) is 17.3 Å². The van der Waals surface area contributed by atoms with E-state index in [-0.39, 0.29) is 40.8 Å². The van der Waals surface area contributed by atoms with E-state index in [1.54, 1.807) is 0 Å². The number of ether oxygens (including phenoxy) is 2. The molecule has 0 atom stereocenters. The number of aryl methyl sites for hydroxylation is 2. The summed E-state index contributed by atoms with van der Waals surface area (Å²) in [5.74, 6) is -1.59. The lowest BCUT2D eigenvalue weighted by Crippen LogP contribution is -2.20. The van der Waals surface area contributed by atoms with E-state index >= 15 is 0 Å². The van der Waals surface area contributed by atoms with Crippen LogP contribution in [0.5, 0.6) is 17.2 Å². The quantitative estimate of drug-likeness (QED) is 0.426. The van der Waals surface area contributed by atoms with Gasteiger partial charge in [-0.1, -0.05) is 0 Å². The van der Waals surface area contributed by atoms with Gasteiger partial charge in [-0.3, -0.25) is 14.9 Å². The van der Waals surface area contributed by atoms with E-state index in [4.69, 9.17) is 9.47 Å². The molecule has 0 spiro atoms. The van der Waals surface area contributed by atoms with Crippen molar-refractivity contribution in [1.82, 2.24) is 9.78 Å². The van der Waals surface area contributed by atoms with Gasteiger partial charge in [0.05, 0.1) is 17.1 Å². The van der Waals surface area contributed by atoms with Crippen LogP contribution in [0.3, 0.4) is 0 Å². The van der Waals surface area contributed by atoms with E-state index in [0.717, 1.165) is 10.7 Å². The molecular formula is C21H17F2N3O5. The first kappa shape index (κ1) is 20.5. The van der Waals surface area contributed by atoms with Crippen LogP contribution in [-0.4, -0.2) is 21.3 Å². The second-order valence-electron chi connectivity index (χ2n) is 7.04. The molecule has 2 heterocycles. The van der Waals surface area contributed by atoms with Gasteiger partial charge >= 0.3 is 0 Å². The third-order valence-corrected chi connectivity index (χ3v) is 4.88. The maximum Gasteiger partial charge on any atom is 0.270 e. The van der Waals surface area contributed by atoms with E-state index in [9.17, 15) is 23.7 Å². The summed E-state index contributed by atoms with van der Waals surface area (Å²) in [6.07, 6.45) is 1.42. The Bertz CT molecular complexity index is 1240. The van der Waals surface area contributed by atoms with Crippen LogP contribution in [0.4, 0.5) is 14.5 Å². The largest absolute Gasteiger partial charge is 0.491 e. The van der Waals surface area contributed by atoms with Gasteiger partial charge in [-0.15, -0.1) is 0 Å². The molecule has 0 unspecified atom stereocenters. The first-order valence-corrected chi connectivity index (χ1v) is 9.49. The van der Waals surface area contributed by atoms with E-state index in [1.807, 2.05) is 0 Å². The summed E-state index contributed by atoms with van der Waals surface area (Å²) in [6, 6.07) is 6.87. The van der Waals surface area contributed by atoms with Crippen molar-refractivity contribution in [1.29, 1.82) is 0 Å². The standard InChI is InChI=1S/C21H17F2N3O5/c1-25-19(27)11-18-20(24-25)15-10-14(26(28)29)5-6-17(15)31-21-12(4-2-3-7-30-18)8-13(22)9-16(21)23/h5-6,8-11H,2-4,7H2,1H3. The predicted molar refractivity (Wildman–Crippen MR) is 106 cm³/mol. The van der Waals surface area contributed by atoms with Crippen molar-refractivity contribution in [3.63, 3.8) is 0 Å². The van der Waals surface area contributed by atoms with Gasteiger partial charge in [-0.05, 0) is 31.4 Å². The SMILES string of the molecule is Cn1nc2c(cc1=O)OCCCCc1cc(F)cc(F)c1Oc1ccc([N+](=O)[O-])cc1-2. The third-order valence-electron chi connectivity index (χ3n) is 4.88. The average molecular weight is 429 g/mol.